The Balaban J connectivity index is 2.01. The maximum Gasteiger partial charge on any atom is 0.239 e. The molecular weight excluding hydrogens is 266 g/mol. The number of hydrogen-bond acceptors (Lipinski definition) is 4. The molecule has 2 aromatic heterocycles. The van der Waals surface area contributed by atoms with Gasteiger partial charge < -0.3 is 15.0 Å². The lowest BCUT2D eigenvalue weighted by Crippen LogP contribution is -2.26. The van der Waals surface area contributed by atoms with E-state index in [1.807, 2.05) is 47.1 Å². The van der Waals surface area contributed by atoms with Crippen LogP contribution in [-0.2, 0) is 4.79 Å². The second kappa shape index (κ2) is 5.62. The molecule has 0 aliphatic rings. The van der Waals surface area contributed by atoms with Crippen molar-refractivity contribution in [1.29, 1.82) is 0 Å². The van der Waals surface area contributed by atoms with Crippen LogP contribution in [0.2, 0.25) is 0 Å². The summed E-state index contributed by atoms with van der Waals surface area (Å²) in [6.45, 7) is 0.157. The Morgan fingerprint density at radius 3 is 2.86 bits per heavy atom. The normalized spacial score (nSPS) is 10.5. The molecule has 6 nitrogen and oxygen atoms in total. The number of anilines is 1. The molecule has 0 saturated carbocycles. The summed E-state index contributed by atoms with van der Waals surface area (Å²) < 4.78 is 1.89. The van der Waals surface area contributed by atoms with Crippen LogP contribution in [0, 0.1) is 0 Å². The van der Waals surface area contributed by atoms with Crippen LogP contribution in [0.25, 0.3) is 16.9 Å². The second-order valence-corrected chi connectivity index (χ2v) is 4.53. The van der Waals surface area contributed by atoms with Crippen LogP contribution < -0.4 is 10.6 Å². The summed E-state index contributed by atoms with van der Waals surface area (Å²) in [5, 5.41) is 5.60. The van der Waals surface area contributed by atoms with Crippen LogP contribution >= 0.6 is 0 Å². The van der Waals surface area contributed by atoms with Crippen molar-refractivity contribution in [3.05, 3.63) is 48.9 Å². The van der Waals surface area contributed by atoms with Crippen LogP contribution in [0.1, 0.15) is 0 Å². The number of fused-ring (bicyclic) bond motifs is 1. The average Bonchev–Trinajstić information content (AvgIpc) is 3.01. The highest BCUT2D eigenvalue weighted by Crippen LogP contribution is 2.21. The van der Waals surface area contributed by atoms with Gasteiger partial charge in [-0.05, 0) is 0 Å². The summed E-state index contributed by atoms with van der Waals surface area (Å²) >= 11 is 0. The van der Waals surface area contributed by atoms with Crippen molar-refractivity contribution < 1.29 is 4.79 Å². The molecule has 106 valence electrons. The largest absolute Gasteiger partial charge is 0.358 e. The molecule has 6 heteroatoms. The molecule has 0 saturated heterocycles. The summed E-state index contributed by atoms with van der Waals surface area (Å²) in [4.78, 5) is 20.2. The molecule has 21 heavy (non-hydrogen) atoms. The molecule has 0 aliphatic heterocycles. The zero-order valence-electron chi connectivity index (χ0n) is 11.6. The molecule has 0 aliphatic carbocycles. The first-order valence-electron chi connectivity index (χ1n) is 6.61. The number of benzene rings is 1. The lowest BCUT2D eigenvalue weighted by atomic mass is 10.2. The number of nitrogens with zero attached hydrogens (tertiary/aromatic N) is 3. The first-order valence-corrected chi connectivity index (χ1v) is 6.61. The number of rotatable bonds is 4. The number of nitrogens with one attached hydrogen (secondary N) is 2. The molecule has 0 bridgehead atoms. The quantitative estimate of drug-likeness (QED) is 0.761. The zero-order chi connectivity index (χ0) is 14.7. The van der Waals surface area contributed by atoms with E-state index in [0.717, 1.165) is 11.3 Å². The van der Waals surface area contributed by atoms with E-state index in [-0.39, 0.29) is 12.5 Å². The molecule has 0 unspecified atom stereocenters. The highest BCUT2D eigenvalue weighted by Gasteiger charge is 2.09. The number of aromatic nitrogens is 3. The van der Waals surface area contributed by atoms with Crippen molar-refractivity contribution in [3.8, 4) is 11.3 Å². The van der Waals surface area contributed by atoms with E-state index in [1.165, 1.54) is 0 Å². The third-order valence-corrected chi connectivity index (χ3v) is 3.14. The standard InChI is InChI=1S/C15H15N5O/c1-16-13(21)9-18-14-15-17-7-8-20(15)10-12(19-14)11-5-3-2-4-6-11/h2-8,10H,9H2,1H3,(H,16,21)(H,18,19). The number of carbonyl (C=O) groups is 1. The maximum atomic E-state index is 11.4. The van der Waals surface area contributed by atoms with E-state index >= 15 is 0 Å². The van der Waals surface area contributed by atoms with Crippen molar-refractivity contribution in [2.45, 2.75) is 0 Å². The molecule has 3 aromatic rings. The monoisotopic (exact) mass is 281 g/mol. The van der Waals surface area contributed by atoms with E-state index < -0.39 is 0 Å². The summed E-state index contributed by atoms with van der Waals surface area (Å²) in [6, 6.07) is 9.88. The van der Waals surface area contributed by atoms with Crippen LogP contribution in [0.3, 0.4) is 0 Å². The number of likely N-dealkylation sites (N-methyl/N-ethyl adjacent to an activating group) is 1. The van der Waals surface area contributed by atoms with Gasteiger partial charge in [-0.15, -0.1) is 0 Å². The first-order chi connectivity index (χ1) is 10.3. The van der Waals surface area contributed by atoms with Crippen LogP contribution in [0.15, 0.2) is 48.9 Å². The van der Waals surface area contributed by atoms with Crippen molar-refractivity contribution in [3.63, 3.8) is 0 Å². The lowest BCUT2D eigenvalue weighted by molar-refractivity contribution is -0.118. The molecule has 0 radical (unpaired) electrons. The van der Waals surface area contributed by atoms with Gasteiger partial charge in [0.15, 0.2) is 11.5 Å². The molecule has 3 rings (SSSR count). The van der Waals surface area contributed by atoms with Crippen molar-refractivity contribution in [1.82, 2.24) is 19.7 Å². The Morgan fingerprint density at radius 2 is 2.10 bits per heavy atom. The third-order valence-electron chi connectivity index (χ3n) is 3.14. The fraction of sp³-hybridized carbons (Fsp3) is 0.133. The van der Waals surface area contributed by atoms with Gasteiger partial charge in [0.1, 0.15) is 0 Å². The molecule has 2 N–H and O–H groups in total. The molecule has 1 amide bonds. The summed E-state index contributed by atoms with van der Waals surface area (Å²) in [5.41, 5.74) is 2.52. The van der Waals surface area contributed by atoms with Gasteiger partial charge in [0.2, 0.25) is 5.91 Å². The van der Waals surface area contributed by atoms with Crippen molar-refractivity contribution >= 4 is 17.4 Å². The maximum absolute atomic E-state index is 11.4. The first kappa shape index (κ1) is 13.1. The lowest BCUT2D eigenvalue weighted by Gasteiger charge is -2.09. The molecular formula is C15H15N5O. The summed E-state index contributed by atoms with van der Waals surface area (Å²) in [7, 11) is 1.60. The van der Waals surface area contributed by atoms with Crippen molar-refractivity contribution in [2.24, 2.45) is 0 Å². The van der Waals surface area contributed by atoms with Crippen LogP contribution in [0.4, 0.5) is 5.82 Å². The SMILES string of the molecule is CNC(=O)CNc1nc(-c2ccccc2)cn2ccnc12. The highest BCUT2D eigenvalue weighted by molar-refractivity contribution is 5.81. The van der Waals surface area contributed by atoms with Crippen LogP contribution in [0.5, 0.6) is 0 Å². The Labute approximate surface area is 121 Å². The molecule has 1 aromatic carbocycles. The summed E-state index contributed by atoms with van der Waals surface area (Å²) in [5.74, 6) is 0.483. The predicted molar refractivity (Wildman–Crippen MR) is 81.0 cm³/mol. The van der Waals surface area contributed by atoms with Crippen LogP contribution in [-0.4, -0.2) is 33.9 Å². The fourth-order valence-corrected chi connectivity index (χ4v) is 2.05. The van der Waals surface area contributed by atoms with Gasteiger partial charge in [-0.3, -0.25) is 4.79 Å². The minimum absolute atomic E-state index is 0.105. The summed E-state index contributed by atoms with van der Waals surface area (Å²) in [6.07, 6.45) is 5.48. The van der Waals surface area contributed by atoms with Gasteiger partial charge in [-0.1, -0.05) is 30.3 Å². The van der Waals surface area contributed by atoms with Crippen molar-refractivity contribution in [2.75, 3.05) is 18.9 Å². The average molecular weight is 281 g/mol. The zero-order valence-corrected chi connectivity index (χ0v) is 11.6. The number of imidazole rings is 1. The van der Waals surface area contributed by atoms with Gasteiger partial charge in [-0.25, -0.2) is 9.97 Å². The van der Waals surface area contributed by atoms with Gasteiger partial charge in [0.05, 0.1) is 12.2 Å². The van der Waals surface area contributed by atoms with E-state index in [1.54, 1.807) is 13.2 Å². The van der Waals surface area contributed by atoms with Gasteiger partial charge >= 0.3 is 0 Å². The Bertz CT molecular complexity index is 766. The van der Waals surface area contributed by atoms with Gasteiger partial charge in [0, 0.05) is 31.2 Å². The smallest absolute Gasteiger partial charge is 0.239 e. The molecule has 2 heterocycles. The van der Waals surface area contributed by atoms with E-state index in [9.17, 15) is 4.79 Å². The Hall–Kier alpha value is -2.89. The molecule has 0 spiro atoms. The minimum Gasteiger partial charge on any atom is -0.358 e. The minimum atomic E-state index is -0.105. The van der Waals surface area contributed by atoms with E-state index in [4.69, 9.17) is 0 Å². The van der Waals surface area contributed by atoms with E-state index in [0.29, 0.717) is 11.5 Å². The number of carbonyl (C=O) groups excluding carboxylic acids is 1. The molecule has 0 atom stereocenters. The predicted octanol–water partition coefficient (Wildman–Crippen LogP) is 1.55. The third kappa shape index (κ3) is 2.69. The Morgan fingerprint density at radius 1 is 1.29 bits per heavy atom. The topological polar surface area (TPSA) is 71.3 Å². The second-order valence-electron chi connectivity index (χ2n) is 4.53. The highest BCUT2D eigenvalue weighted by atomic mass is 16.1. The fourth-order valence-electron chi connectivity index (χ4n) is 2.05. The number of amides is 1. The number of hydrogen-bond donors (Lipinski definition) is 2. The van der Waals surface area contributed by atoms with E-state index in [2.05, 4.69) is 20.6 Å². The van der Waals surface area contributed by atoms with Gasteiger partial charge in [0.25, 0.3) is 0 Å². The molecule has 0 fully saturated rings. The van der Waals surface area contributed by atoms with Gasteiger partial charge in [-0.2, -0.15) is 0 Å². The Kier molecular flexibility index (Phi) is 3.51.